The van der Waals surface area contributed by atoms with Gasteiger partial charge >= 0.3 is 0 Å². The zero-order valence-electron chi connectivity index (χ0n) is 16.4. The van der Waals surface area contributed by atoms with Gasteiger partial charge < -0.3 is 9.84 Å². The molecule has 0 atom stereocenters. The highest BCUT2D eigenvalue weighted by Crippen LogP contribution is 2.23. The van der Waals surface area contributed by atoms with Crippen LogP contribution in [-0.2, 0) is 6.42 Å². The number of nitrogens with zero attached hydrogens (tertiary/aromatic N) is 1. The second-order valence-electron chi connectivity index (χ2n) is 7.73. The maximum Gasteiger partial charge on any atom is 0.119 e. The molecule has 1 heterocycles. The van der Waals surface area contributed by atoms with Gasteiger partial charge in [0.05, 0.1) is 0 Å². The van der Waals surface area contributed by atoms with E-state index in [-0.39, 0.29) is 18.2 Å². The Bertz CT molecular complexity index is 662. The quantitative estimate of drug-likeness (QED) is 0.700. The lowest BCUT2D eigenvalue weighted by molar-refractivity contribution is 0.155. The number of rotatable bonds is 7. The van der Waals surface area contributed by atoms with E-state index < -0.39 is 0 Å². The molecule has 0 aliphatic carbocycles. The first kappa shape index (κ1) is 21.6. The smallest absolute Gasteiger partial charge is 0.119 e. The van der Waals surface area contributed by atoms with Gasteiger partial charge in [0, 0.05) is 6.54 Å². The highest BCUT2D eigenvalue weighted by Gasteiger charge is 2.19. The van der Waals surface area contributed by atoms with Crippen LogP contribution in [0.3, 0.4) is 0 Å². The number of phenolic OH excluding ortho intramolecular Hbond substituents is 1. The average Bonchev–Trinajstić information content (AvgIpc) is 2.65. The molecule has 3 nitrogen and oxygen atoms in total. The van der Waals surface area contributed by atoms with E-state index in [0.717, 1.165) is 31.3 Å². The molecule has 1 N–H and O–H groups in total. The average molecular weight is 390 g/mol. The standard InChI is InChI=1S/C23H31NO2.ClH/c1-18(2)21-5-3-19(4-6-21)17-20-11-13-24(14-12-20)15-16-26-23-9-7-22(25)8-10-23;/h3-10,18,20,25H,11-17H2,1-2H3;1H. The fourth-order valence-corrected chi connectivity index (χ4v) is 3.62. The lowest BCUT2D eigenvalue weighted by atomic mass is 9.89. The van der Waals surface area contributed by atoms with Gasteiger partial charge in [-0.2, -0.15) is 0 Å². The van der Waals surface area contributed by atoms with Gasteiger partial charge in [0.25, 0.3) is 0 Å². The van der Waals surface area contributed by atoms with Crippen LogP contribution in [0.4, 0.5) is 0 Å². The third-order valence-electron chi connectivity index (χ3n) is 5.39. The zero-order chi connectivity index (χ0) is 18.4. The molecule has 0 aromatic heterocycles. The second kappa shape index (κ2) is 10.6. The molecule has 4 heteroatoms. The molecule has 2 aromatic carbocycles. The van der Waals surface area contributed by atoms with E-state index in [4.69, 9.17) is 4.74 Å². The Hall–Kier alpha value is -1.71. The van der Waals surface area contributed by atoms with Crippen molar-refractivity contribution < 1.29 is 9.84 Å². The lowest BCUT2D eigenvalue weighted by Crippen LogP contribution is -2.37. The van der Waals surface area contributed by atoms with Crippen LogP contribution >= 0.6 is 12.4 Å². The molecule has 1 fully saturated rings. The summed E-state index contributed by atoms with van der Waals surface area (Å²) in [6, 6.07) is 16.1. The monoisotopic (exact) mass is 389 g/mol. The summed E-state index contributed by atoms with van der Waals surface area (Å²) in [4.78, 5) is 2.50. The molecule has 0 saturated carbocycles. The summed E-state index contributed by atoms with van der Waals surface area (Å²) in [5.74, 6) is 2.51. The highest BCUT2D eigenvalue weighted by atomic mass is 35.5. The van der Waals surface area contributed by atoms with Crippen LogP contribution in [0, 0.1) is 5.92 Å². The van der Waals surface area contributed by atoms with Gasteiger partial charge in [-0.25, -0.2) is 0 Å². The van der Waals surface area contributed by atoms with Crippen molar-refractivity contribution in [3.63, 3.8) is 0 Å². The minimum atomic E-state index is 0. The number of halogens is 1. The van der Waals surface area contributed by atoms with E-state index >= 15 is 0 Å². The molecular formula is C23H32ClNO2. The normalized spacial score (nSPS) is 15.5. The van der Waals surface area contributed by atoms with E-state index in [9.17, 15) is 5.11 Å². The van der Waals surface area contributed by atoms with Gasteiger partial charge in [0.1, 0.15) is 18.1 Å². The molecule has 0 bridgehead atoms. The summed E-state index contributed by atoms with van der Waals surface area (Å²) in [7, 11) is 0. The van der Waals surface area contributed by atoms with Crippen LogP contribution in [-0.4, -0.2) is 36.2 Å². The van der Waals surface area contributed by atoms with E-state index in [2.05, 4.69) is 43.0 Å². The third-order valence-corrected chi connectivity index (χ3v) is 5.39. The summed E-state index contributed by atoms with van der Waals surface area (Å²) in [6.07, 6.45) is 3.74. The predicted octanol–water partition coefficient (Wildman–Crippen LogP) is 5.27. The predicted molar refractivity (Wildman–Crippen MR) is 114 cm³/mol. The van der Waals surface area contributed by atoms with Crippen LogP contribution in [0.25, 0.3) is 0 Å². The van der Waals surface area contributed by atoms with E-state index in [1.165, 1.54) is 30.4 Å². The van der Waals surface area contributed by atoms with Gasteiger partial charge in [-0.3, -0.25) is 4.90 Å². The van der Waals surface area contributed by atoms with E-state index in [1.54, 1.807) is 12.1 Å². The highest BCUT2D eigenvalue weighted by molar-refractivity contribution is 5.85. The van der Waals surface area contributed by atoms with Crippen molar-refractivity contribution in [3.05, 3.63) is 59.7 Å². The van der Waals surface area contributed by atoms with Crippen molar-refractivity contribution >= 4 is 12.4 Å². The molecule has 1 aliphatic heterocycles. The molecule has 148 valence electrons. The fraction of sp³-hybridized carbons (Fsp3) is 0.478. The first-order valence-corrected chi connectivity index (χ1v) is 9.83. The number of benzene rings is 2. The zero-order valence-corrected chi connectivity index (χ0v) is 17.3. The van der Waals surface area contributed by atoms with Crippen molar-refractivity contribution in [2.45, 2.75) is 39.0 Å². The van der Waals surface area contributed by atoms with E-state index in [1.807, 2.05) is 12.1 Å². The van der Waals surface area contributed by atoms with Crippen LogP contribution in [0.1, 0.15) is 43.7 Å². The van der Waals surface area contributed by atoms with E-state index in [0.29, 0.717) is 12.5 Å². The fourth-order valence-electron chi connectivity index (χ4n) is 3.62. The molecular weight excluding hydrogens is 358 g/mol. The van der Waals surface area contributed by atoms with Crippen molar-refractivity contribution in [1.82, 2.24) is 4.90 Å². The molecule has 0 unspecified atom stereocenters. The molecule has 0 radical (unpaired) electrons. The number of ether oxygens (including phenoxy) is 1. The Kier molecular flexibility index (Phi) is 8.46. The molecule has 1 saturated heterocycles. The Balaban J connectivity index is 0.00000261. The Morgan fingerprint density at radius 3 is 2.22 bits per heavy atom. The molecule has 2 aromatic rings. The number of aromatic hydroxyl groups is 1. The largest absolute Gasteiger partial charge is 0.508 e. The number of likely N-dealkylation sites (tertiary alicyclic amines) is 1. The van der Waals surface area contributed by atoms with Gasteiger partial charge in [0.2, 0.25) is 0 Å². The van der Waals surface area contributed by atoms with Crippen LogP contribution in [0.5, 0.6) is 11.5 Å². The van der Waals surface area contributed by atoms with Crippen LogP contribution in [0.15, 0.2) is 48.5 Å². The van der Waals surface area contributed by atoms with Crippen LogP contribution < -0.4 is 4.74 Å². The van der Waals surface area contributed by atoms with Gasteiger partial charge in [-0.15, -0.1) is 12.4 Å². The van der Waals surface area contributed by atoms with Gasteiger partial charge in [-0.05, 0) is 79.6 Å². The molecule has 3 rings (SSSR count). The van der Waals surface area contributed by atoms with Crippen molar-refractivity contribution in [2.75, 3.05) is 26.2 Å². The summed E-state index contributed by atoms with van der Waals surface area (Å²) < 4.78 is 5.76. The Morgan fingerprint density at radius 2 is 1.63 bits per heavy atom. The molecule has 0 amide bonds. The topological polar surface area (TPSA) is 32.7 Å². The summed E-state index contributed by atoms with van der Waals surface area (Å²) in [5.41, 5.74) is 2.90. The number of hydrogen-bond donors (Lipinski definition) is 1. The first-order chi connectivity index (χ1) is 12.6. The molecule has 1 aliphatic rings. The maximum absolute atomic E-state index is 9.29. The SMILES string of the molecule is CC(C)c1ccc(CC2CCN(CCOc3ccc(O)cc3)CC2)cc1.Cl. The minimum absolute atomic E-state index is 0. The minimum Gasteiger partial charge on any atom is -0.508 e. The second-order valence-corrected chi connectivity index (χ2v) is 7.73. The van der Waals surface area contributed by atoms with Crippen molar-refractivity contribution in [1.29, 1.82) is 0 Å². The van der Waals surface area contributed by atoms with Gasteiger partial charge in [0.15, 0.2) is 0 Å². The van der Waals surface area contributed by atoms with Gasteiger partial charge in [-0.1, -0.05) is 38.1 Å². The molecule has 0 spiro atoms. The number of hydrogen-bond acceptors (Lipinski definition) is 3. The number of piperidine rings is 1. The third kappa shape index (κ3) is 6.75. The lowest BCUT2D eigenvalue weighted by Gasteiger charge is -2.32. The number of phenols is 1. The van der Waals surface area contributed by atoms with Crippen molar-refractivity contribution in [3.8, 4) is 11.5 Å². The summed E-state index contributed by atoms with van der Waals surface area (Å²) in [5, 5.41) is 9.29. The maximum atomic E-state index is 9.29. The Morgan fingerprint density at radius 1 is 1.00 bits per heavy atom. The molecule has 27 heavy (non-hydrogen) atoms. The van der Waals surface area contributed by atoms with Crippen molar-refractivity contribution in [2.24, 2.45) is 5.92 Å². The summed E-state index contributed by atoms with van der Waals surface area (Å²) >= 11 is 0. The first-order valence-electron chi connectivity index (χ1n) is 9.83. The summed E-state index contributed by atoms with van der Waals surface area (Å²) in [6.45, 7) is 8.48. The Labute approximate surface area is 169 Å². The van der Waals surface area contributed by atoms with Crippen LogP contribution in [0.2, 0.25) is 0 Å².